The summed E-state index contributed by atoms with van der Waals surface area (Å²) in [6, 6.07) is 7.48. The number of nitrogens with zero attached hydrogens (tertiary/aromatic N) is 1. The minimum absolute atomic E-state index is 0.147. The van der Waals surface area contributed by atoms with Gasteiger partial charge in [-0.2, -0.15) is 0 Å². The SMILES string of the molecule is CN(CC1CCOCC1)C(=O)Cc1cccc(Cl)c1. The molecule has 1 amide bonds. The van der Waals surface area contributed by atoms with E-state index in [4.69, 9.17) is 16.3 Å². The van der Waals surface area contributed by atoms with Crippen molar-refractivity contribution in [1.29, 1.82) is 0 Å². The number of hydrogen-bond donors (Lipinski definition) is 0. The average Bonchev–Trinajstić information content (AvgIpc) is 2.40. The number of carbonyl (C=O) groups excluding carboxylic acids is 1. The van der Waals surface area contributed by atoms with E-state index in [9.17, 15) is 4.79 Å². The standard InChI is InChI=1S/C15H20ClNO2/c1-17(11-12-5-7-19-8-6-12)15(18)10-13-3-2-4-14(16)9-13/h2-4,9,12H,5-8,10-11H2,1H3. The third-order valence-corrected chi connectivity index (χ3v) is 3.78. The highest BCUT2D eigenvalue weighted by molar-refractivity contribution is 6.30. The molecule has 0 aliphatic carbocycles. The Morgan fingerprint density at radius 2 is 2.16 bits per heavy atom. The number of amides is 1. The monoisotopic (exact) mass is 281 g/mol. The maximum Gasteiger partial charge on any atom is 0.226 e. The zero-order chi connectivity index (χ0) is 13.7. The Bertz CT molecular complexity index is 430. The number of halogens is 1. The van der Waals surface area contributed by atoms with Crippen LogP contribution in [0.25, 0.3) is 0 Å². The molecule has 0 unspecified atom stereocenters. The molecule has 3 nitrogen and oxygen atoms in total. The number of hydrogen-bond acceptors (Lipinski definition) is 2. The van der Waals surface area contributed by atoms with Crippen LogP contribution >= 0.6 is 11.6 Å². The van der Waals surface area contributed by atoms with Crippen molar-refractivity contribution in [1.82, 2.24) is 4.90 Å². The summed E-state index contributed by atoms with van der Waals surface area (Å²) in [6.45, 7) is 2.46. The molecule has 19 heavy (non-hydrogen) atoms. The van der Waals surface area contributed by atoms with E-state index in [-0.39, 0.29) is 5.91 Å². The van der Waals surface area contributed by atoms with Crippen LogP contribution < -0.4 is 0 Å². The van der Waals surface area contributed by atoms with Crippen molar-refractivity contribution in [3.8, 4) is 0 Å². The lowest BCUT2D eigenvalue weighted by molar-refractivity contribution is -0.130. The first-order chi connectivity index (χ1) is 9.15. The van der Waals surface area contributed by atoms with Crippen molar-refractivity contribution in [2.75, 3.05) is 26.8 Å². The van der Waals surface area contributed by atoms with Crippen molar-refractivity contribution in [2.45, 2.75) is 19.3 Å². The average molecular weight is 282 g/mol. The molecule has 0 atom stereocenters. The molecule has 1 aliphatic rings. The quantitative estimate of drug-likeness (QED) is 0.849. The summed E-state index contributed by atoms with van der Waals surface area (Å²) in [6.07, 6.45) is 2.52. The van der Waals surface area contributed by atoms with Gasteiger partial charge in [-0.3, -0.25) is 4.79 Å². The summed E-state index contributed by atoms with van der Waals surface area (Å²) in [4.78, 5) is 14.0. The predicted molar refractivity (Wildman–Crippen MR) is 76.3 cm³/mol. The van der Waals surface area contributed by atoms with Gasteiger partial charge in [0.1, 0.15) is 0 Å². The first-order valence-corrected chi connectivity index (χ1v) is 7.09. The fraction of sp³-hybridized carbons (Fsp3) is 0.533. The van der Waals surface area contributed by atoms with Crippen LogP contribution in [0.3, 0.4) is 0 Å². The van der Waals surface area contributed by atoms with Crippen molar-refractivity contribution < 1.29 is 9.53 Å². The molecule has 1 saturated heterocycles. The van der Waals surface area contributed by atoms with E-state index in [1.807, 2.05) is 36.2 Å². The van der Waals surface area contributed by atoms with Crippen LogP contribution in [0.4, 0.5) is 0 Å². The van der Waals surface area contributed by atoms with E-state index >= 15 is 0 Å². The normalized spacial score (nSPS) is 16.3. The van der Waals surface area contributed by atoms with Crippen LogP contribution in [0.1, 0.15) is 18.4 Å². The maximum atomic E-state index is 12.1. The topological polar surface area (TPSA) is 29.5 Å². The van der Waals surface area contributed by atoms with Crippen LogP contribution in [0.5, 0.6) is 0 Å². The van der Waals surface area contributed by atoms with Gasteiger partial charge in [0.15, 0.2) is 0 Å². The smallest absolute Gasteiger partial charge is 0.226 e. The molecular formula is C15H20ClNO2. The van der Waals surface area contributed by atoms with E-state index < -0.39 is 0 Å². The van der Waals surface area contributed by atoms with Crippen LogP contribution in [0.15, 0.2) is 24.3 Å². The molecule has 0 aromatic heterocycles. The Kier molecular flexibility index (Phi) is 5.23. The number of carbonyl (C=O) groups is 1. The second-order valence-corrected chi connectivity index (χ2v) is 5.57. The van der Waals surface area contributed by atoms with Crippen LogP contribution in [-0.2, 0) is 16.0 Å². The first-order valence-electron chi connectivity index (χ1n) is 6.71. The second-order valence-electron chi connectivity index (χ2n) is 5.14. The van der Waals surface area contributed by atoms with Crippen LogP contribution in [0, 0.1) is 5.92 Å². The lowest BCUT2D eigenvalue weighted by Crippen LogP contribution is -2.35. The van der Waals surface area contributed by atoms with Crippen molar-refractivity contribution >= 4 is 17.5 Å². The van der Waals surface area contributed by atoms with Crippen LogP contribution in [-0.4, -0.2) is 37.6 Å². The highest BCUT2D eigenvalue weighted by Crippen LogP contribution is 2.16. The van der Waals surface area contributed by atoms with Gasteiger partial charge in [-0.25, -0.2) is 0 Å². The van der Waals surface area contributed by atoms with Crippen molar-refractivity contribution in [3.63, 3.8) is 0 Å². The molecule has 0 N–H and O–H groups in total. The number of rotatable bonds is 4. The second kappa shape index (κ2) is 6.92. The number of benzene rings is 1. The lowest BCUT2D eigenvalue weighted by atomic mass is 9.99. The van der Waals surface area contributed by atoms with Gasteiger partial charge >= 0.3 is 0 Å². The number of ether oxygens (including phenoxy) is 1. The number of likely N-dealkylation sites (N-methyl/N-ethyl adjacent to an activating group) is 1. The molecule has 1 fully saturated rings. The van der Waals surface area contributed by atoms with Gasteiger partial charge in [0.2, 0.25) is 5.91 Å². The first kappa shape index (κ1) is 14.4. The Labute approximate surface area is 119 Å². The highest BCUT2D eigenvalue weighted by Gasteiger charge is 2.18. The van der Waals surface area contributed by atoms with Gasteiger partial charge in [-0.15, -0.1) is 0 Å². The fourth-order valence-electron chi connectivity index (χ4n) is 2.37. The highest BCUT2D eigenvalue weighted by atomic mass is 35.5. The Balaban J connectivity index is 1.84. The van der Waals surface area contributed by atoms with Gasteiger partial charge in [0.05, 0.1) is 6.42 Å². The Morgan fingerprint density at radius 3 is 2.84 bits per heavy atom. The molecule has 1 heterocycles. The molecule has 0 spiro atoms. The summed E-state index contributed by atoms with van der Waals surface area (Å²) < 4.78 is 5.33. The minimum atomic E-state index is 0.147. The van der Waals surface area contributed by atoms with Gasteiger partial charge < -0.3 is 9.64 Å². The van der Waals surface area contributed by atoms with E-state index in [0.717, 1.165) is 38.2 Å². The largest absolute Gasteiger partial charge is 0.381 e. The van der Waals surface area contributed by atoms with E-state index in [1.165, 1.54) is 0 Å². The van der Waals surface area contributed by atoms with Gasteiger partial charge in [-0.1, -0.05) is 23.7 Å². The van der Waals surface area contributed by atoms with E-state index in [2.05, 4.69) is 0 Å². The van der Waals surface area contributed by atoms with Gasteiger partial charge in [0, 0.05) is 31.8 Å². The Hall–Kier alpha value is -1.06. The third kappa shape index (κ3) is 4.51. The van der Waals surface area contributed by atoms with Gasteiger partial charge in [0.25, 0.3) is 0 Å². The van der Waals surface area contributed by atoms with Crippen molar-refractivity contribution in [2.24, 2.45) is 5.92 Å². The fourth-order valence-corrected chi connectivity index (χ4v) is 2.59. The molecule has 1 aromatic rings. The predicted octanol–water partition coefficient (Wildman–Crippen LogP) is 2.77. The minimum Gasteiger partial charge on any atom is -0.381 e. The molecule has 4 heteroatoms. The molecule has 104 valence electrons. The molecule has 1 aromatic carbocycles. The summed E-state index contributed by atoms with van der Waals surface area (Å²) >= 11 is 5.92. The summed E-state index contributed by atoms with van der Waals surface area (Å²) in [5, 5.41) is 0.678. The Morgan fingerprint density at radius 1 is 1.42 bits per heavy atom. The third-order valence-electron chi connectivity index (χ3n) is 3.54. The summed E-state index contributed by atoms with van der Waals surface area (Å²) in [5.74, 6) is 0.718. The zero-order valence-corrected chi connectivity index (χ0v) is 12.0. The molecular weight excluding hydrogens is 262 g/mol. The lowest BCUT2D eigenvalue weighted by Gasteiger charge is -2.27. The van der Waals surface area contributed by atoms with Crippen molar-refractivity contribution in [3.05, 3.63) is 34.9 Å². The zero-order valence-electron chi connectivity index (χ0n) is 11.3. The summed E-state index contributed by atoms with van der Waals surface area (Å²) in [7, 11) is 1.88. The summed E-state index contributed by atoms with van der Waals surface area (Å²) in [5.41, 5.74) is 0.969. The molecule has 1 aliphatic heterocycles. The molecule has 0 bridgehead atoms. The van der Waals surface area contributed by atoms with E-state index in [1.54, 1.807) is 0 Å². The van der Waals surface area contributed by atoms with E-state index in [0.29, 0.717) is 17.4 Å². The maximum absolute atomic E-state index is 12.1. The molecule has 0 saturated carbocycles. The van der Waals surface area contributed by atoms with Gasteiger partial charge in [-0.05, 0) is 36.5 Å². The molecule has 2 rings (SSSR count). The van der Waals surface area contributed by atoms with Crippen LogP contribution in [0.2, 0.25) is 5.02 Å². The molecule has 0 radical (unpaired) electrons.